The number of benzene rings is 3. The molecule has 2 heterocycles. The Kier molecular flexibility index (Phi) is 9.81. The smallest absolute Gasteiger partial charge is 0.406 e. The quantitative estimate of drug-likeness (QED) is 0.200. The topological polar surface area (TPSA) is 84.6 Å². The average molecular weight is 637 g/mol. The number of anilines is 1. The number of aromatic nitrogens is 3. The van der Waals surface area contributed by atoms with Gasteiger partial charge in [0.15, 0.2) is 11.0 Å². The van der Waals surface area contributed by atoms with Crippen LogP contribution in [0.2, 0.25) is 0 Å². The van der Waals surface area contributed by atoms with Crippen LogP contribution in [-0.4, -0.2) is 51.2 Å². The van der Waals surface area contributed by atoms with Gasteiger partial charge in [-0.05, 0) is 72.2 Å². The fraction of sp³-hybridized carbons (Fsp3) is 0.333. The molecule has 1 aromatic heterocycles. The van der Waals surface area contributed by atoms with E-state index >= 15 is 0 Å². The summed E-state index contributed by atoms with van der Waals surface area (Å²) in [7, 11) is 0. The molecule has 0 spiro atoms. The van der Waals surface area contributed by atoms with Gasteiger partial charge in [-0.15, -0.1) is 18.3 Å². The highest BCUT2D eigenvalue weighted by molar-refractivity contribution is 8.14. The SMILES string of the molecule is Cc1ccc(C(C)C)c(N2CCS/C2=N\C(=O)NCCC(C)c2ccc(-c3ncn(-c4ccc(OC(F)(F)F)cc4)n3)cc2)c1. The summed E-state index contributed by atoms with van der Waals surface area (Å²) in [4.78, 5) is 23.7. The van der Waals surface area contributed by atoms with Gasteiger partial charge in [0, 0.05) is 30.1 Å². The predicted molar refractivity (Wildman–Crippen MR) is 172 cm³/mol. The number of aryl methyl sites for hydroxylation is 1. The fourth-order valence-corrected chi connectivity index (χ4v) is 6.01. The number of thioether (sulfide) groups is 1. The van der Waals surface area contributed by atoms with E-state index in [0.717, 1.165) is 40.7 Å². The van der Waals surface area contributed by atoms with Crippen LogP contribution >= 0.6 is 11.8 Å². The highest BCUT2D eigenvalue weighted by Crippen LogP contribution is 2.33. The van der Waals surface area contributed by atoms with Crippen LogP contribution in [0.15, 0.2) is 78.0 Å². The number of aliphatic imine (C=N–C) groups is 1. The summed E-state index contributed by atoms with van der Waals surface area (Å²) < 4.78 is 42.7. The molecule has 45 heavy (non-hydrogen) atoms. The number of ether oxygens (including phenoxy) is 1. The molecule has 4 aromatic rings. The number of amidine groups is 1. The van der Waals surface area contributed by atoms with Gasteiger partial charge in [-0.3, -0.25) is 0 Å². The Labute approximate surface area is 264 Å². The van der Waals surface area contributed by atoms with Crippen LogP contribution < -0.4 is 15.0 Å². The molecule has 1 fully saturated rings. The lowest BCUT2D eigenvalue weighted by Crippen LogP contribution is -2.29. The monoisotopic (exact) mass is 636 g/mol. The first-order valence-corrected chi connectivity index (χ1v) is 15.7. The van der Waals surface area contributed by atoms with Crippen molar-refractivity contribution in [2.75, 3.05) is 23.7 Å². The van der Waals surface area contributed by atoms with Crippen LogP contribution in [0.3, 0.4) is 0 Å². The van der Waals surface area contributed by atoms with E-state index in [4.69, 9.17) is 0 Å². The molecule has 0 aliphatic carbocycles. The van der Waals surface area contributed by atoms with Gasteiger partial charge < -0.3 is 15.0 Å². The van der Waals surface area contributed by atoms with Gasteiger partial charge in [-0.25, -0.2) is 14.5 Å². The summed E-state index contributed by atoms with van der Waals surface area (Å²) >= 11 is 1.60. The number of hydrogen-bond donors (Lipinski definition) is 1. The third-order valence-electron chi connectivity index (χ3n) is 7.49. The molecule has 0 saturated carbocycles. The molecule has 1 aliphatic heterocycles. The van der Waals surface area contributed by atoms with Crippen LogP contribution in [0.5, 0.6) is 5.75 Å². The van der Waals surface area contributed by atoms with Gasteiger partial charge in [-0.1, -0.05) is 68.9 Å². The number of amides is 2. The molecule has 5 rings (SSSR count). The molecule has 2 amide bonds. The number of carbonyl (C=O) groups is 1. The van der Waals surface area contributed by atoms with E-state index in [2.05, 4.69) is 75.9 Å². The first-order valence-electron chi connectivity index (χ1n) is 14.7. The van der Waals surface area contributed by atoms with Crippen LogP contribution in [0.4, 0.5) is 23.7 Å². The minimum atomic E-state index is -4.74. The Hall–Kier alpha value is -4.32. The molecule has 8 nitrogen and oxygen atoms in total. The van der Waals surface area contributed by atoms with Crippen molar-refractivity contribution >= 4 is 28.6 Å². The van der Waals surface area contributed by atoms with Crippen molar-refractivity contribution in [2.45, 2.75) is 52.3 Å². The Morgan fingerprint density at radius 1 is 1.07 bits per heavy atom. The van der Waals surface area contributed by atoms with E-state index in [1.807, 2.05) is 24.3 Å². The number of nitrogens with one attached hydrogen (secondary N) is 1. The fourth-order valence-electron chi connectivity index (χ4n) is 5.06. The minimum Gasteiger partial charge on any atom is -0.406 e. The molecule has 1 unspecified atom stereocenters. The zero-order valence-corrected chi connectivity index (χ0v) is 26.3. The maximum Gasteiger partial charge on any atom is 0.573 e. The van der Waals surface area contributed by atoms with Gasteiger partial charge >= 0.3 is 12.4 Å². The molecule has 0 bridgehead atoms. The summed E-state index contributed by atoms with van der Waals surface area (Å²) in [5.74, 6) is 1.62. The number of urea groups is 1. The van der Waals surface area contributed by atoms with E-state index in [1.165, 1.54) is 46.4 Å². The van der Waals surface area contributed by atoms with Crippen LogP contribution in [0.1, 0.15) is 55.7 Å². The van der Waals surface area contributed by atoms with Gasteiger partial charge in [0.2, 0.25) is 0 Å². The third kappa shape index (κ3) is 8.24. The van der Waals surface area contributed by atoms with Crippen molar-refractivity contribution < 1.29 is 22.7 Å². The van der Waals surface area contributed by atoms with Crippen molar-refractivity contribution in [3.63, 3.8) is 0 Å². The van der Waals surface area contributed by atoms with E-state index in [9.17, 15) is 18.0 Å². The number of carbonyl (C=O) groups excluding carboxylic acids is 1. The van der Waals surface area contributed by atoms with Crippen LogP contribution in [0, 0.1) is 6.92 Å². The Morgan fingerprint density at radius 2 is 1.80 bits per heavy atom. The minimum absolute atomic E-state index is 0.188. The van der Waals surface area contributed by atoms with E-state index in [0.29, 0.717) is 24.0 Å². The zero-order chi connectivity index (χ0) is 32.1. The molecule has 3 aromatic carbocycles. The second-order valence-electron chi connectivity index (χ2n) is 11.2. The Morgan fingerprint density at radius 3 is 2.49 bits per heavy atom. The lowest BCUT2D eigenvalue weighted by Gasteiger charge is -2.23. The molecule has 1 aliphatic rings. The lowest BCUT2D eigenvalue weighted by molar-refractivity contribution is -0.274. The third-order valence-corrected chi connectivity index (χ3v) is 8.45. The second-order valence-corrected chi connectivity index (χ2v) is 12.3. The van der Waals surface area contributed by atoms with Crippen molar-refractivity contribution in [1.82, 2.24) is 20.1 Å². The predicted octanol–water partition coefficient (Wildman–Crippen LogP) is 8.08. The second kappa shape index (κ2) is 13.8. The maximum absolute atomic E-state index is 12.8. The number of alkyl halides is 3. The van der Waals surface area contributed by atoms with E-state index in [1.54, 1.807) is 11.8 Å². The summed E-state index contributed by atoms with van der Waals surface area (Å²) in [5, 5.41) is 8.14. The highest BCUT2D eigenvalue weighted by atomic mass is 32.2. The molecule has 1 atom stereocenters. The van der Waals surface area contributed by atoms with E-state index in [-0.39, 0.29) is 17.7 Å². The van der Waals surface area contributed by atoms with Gasteiger partial charge in [0.05, 0.1) is 5.69 Å². The van der Waals surface area contributed by atoms with Gasteiger partial charge in [0.25, 0.3) is 0 Å². The summed E-state index contributed by atoms with van der Waals surface area (Å²) in [6.07, 6.45) is -2.50. The zero-order valence-electron chi connectivity index (χ0n) is 25.5. The number of hydrogen-bond acceptors (Lipinski definition) is 5. The van der Waals surface area contributed by atoms with Crippen LogP contribution in [0.25, 0.3) is 17.1 Å². The lowest BCUT2D eigenvalue weighted by atomic mass is 9.96. The van der Waals surface area contributed by atoms with E-state index < -0.39 is 6.36 Å². The van der Waals surface area contributed by atoms with Crippen molar-refractivity contribution in [3.8, 4) is 22.8 Å². The normalized spacial score (nSPS) is 15.1. The molecule has 1 saturated heterocycles. The number of rotatable bonds is 9. The van der Waals surface area contributed by atoms with Crippen molar-refractivity contribution in [3.05, 3.63) is 89.7 Å². The molecular formula is C33H35F3N6O2S. The Bertz CT molecular complexity index is 1650. The maximum atomic E-state index is 12.8. The molecule has 12 heteroatoms. The first-order chi connectivity index (χ1) is 21.5. The van der Waals surface area contributed by atoms with Crippen molar-refractivity contribution in [2.24, 2.45) is 4.99 Å². The molecular weight excluding hydrogens is 601 g/mol. The highest BCUT2D eigenvalue weighted by Gasteiger charge is 2.31. The molecule has 1 N–H and O–H groups in total. The van der Waals surface area contributed by atoms with Gasteiger partial charge in [-0.2, -0.15) is 4.99 Å². The Balaban J connectivity index is 1.14. The summed E-state index contributed by atoms with van der Waals surface area (Å²) in [5.41, 5.74) is 6.00. The molecule has 236 valence electrons. The number of halogens is 3. The number of nitrogens with zero attached hydrogens (tertiary/aromatic N) is 5. The van der Waals surface area contributed by atoms with Crippen molar-refractivity contribution in [1.29, 1.82) is 0 Å². The average Bonchev–Trinajstić information content (AvgIpc) is 3.67. The summed E-state index contributed by atoms with van der Waals surface area (Å²) in [6.45, 7) is 9.83. The standard InChI is InChI=1S/C33H35F3N6O2S/c1-21(2)28-14-5-22(3)19-29(28)41-17-18-45-32(41)39-31(43)37-16-15-23(4)24-6-8-25(9-7-24)30-38-20-42(40-30)26-10-12-27(13-11-26)44-33(34,35)36/h5-14,19-21,23H,15-18H2,1-4H3,(H,37,43)/b39-32-. The largest absolute Gasteiger partial charge is 0.573 e. The van der Waals surface area contributed by atoms with Gasteiger partial charge in [0.1, 0.15) is 12.1 Å². The van der Waals surface area contributed by atoms with Crippen LogP contribution in [-0.2, 0) is 0 Å². The summed E-state index contributed by atoms with van der Waals surface area (Å²) in [6, 6.07) is 19.4. The first kappa shape index (κ1) is 32.1. The molecule has 0 radical (unpaired) electrons.